The van der Waals surface area contributed by atoms with Crippen LogP contribution in [-0.2, 0) is 17.9 Å². The smallest absolute Gasteiger partial charge is 0.255 e. The average Bonchev–Trinajstić information content (AvgIpc) is 3.90. The van der Waals surface area contributed by atoms with Gasteiger partial charge in [0.15, 0.2) is 22.5 Å². The van der Waals surface area contributed by atoms with Crippen molar-refractivity contribution >= 4 is 40.6 Å². The van der Waals surface area contributed by atoms with Crippen LogP contribution >= 0.6 is 23.1 Å². The molecule has 0 bridgehead atoms. The molecule has 48 heavy (non-hydrogen) atoms. The van der Waals surface area contributed by atoms with Crippen LogP contribution in [0.5, 0.6) is 17.2 Å². The number of aromatic nitrogens is 3. The molecular weight excluding hydrogens is 649 g/mol. The van der Waals surface area contributed by atoms with Crippen molar-refractivity contribution in [3.63, 3.8) is 0 Å². The van der Waals surface area contributed by atoms with Gasteiger partial charge < -0.3 is 24.1 Å². The molecule has 2 amide bonds. The van der Waals surface area contributed by atoms with Crippen molar-refractivity contribution in [3.05, 3.63) is 118 Å². The minimum absolute atomic E-state index is 0.0600. The molecule has 0 saturated heterocycles. The zero-order valence-corrected chi connectivity index (χ0v) is 28.3. The predicted molar refractivity (Wildman–Crippen MR) is 185 cm³/mol. The molecule has 0 spiro atoms. The highest BCUT2D eigenvalue weighted by Gasteiger charge is 2.36. The number of carbonyl (C=O) groups is 2. The van der Waals surface area contributed by atoms with Gasteiger partial charge in [-0.3, -0.25) is 9.59 Å². The highest BCUT2D eigenvalue weighted by molar-refractivity contribution is 7.99. The van der Waals surface area contributed by atoms with Crippen LogP contribution in [0.15, 0.2) is 101 Å². The van der Waals surface area contributed by atoms with Crippen molar-refractivity contribution < 1.29 is 23.8 Å². The van der Waals surface area contributed by atoms with E-state index < -0.39 is 0 Å². The molecule has 246 valence electrons. The van der Waals surface area contributed by atoms with E-state index in [-0.39, 0.29) is 30.2 Å². The number of methoxy groups -OCH3 is 3. The first-order valence-electron chi connectivity index (χ1n) is 15.1. The van der Waals surface area contributed by atoms with Gasteiger partial charge in [0.25, 0.3) is 11.8 Å². The van der Waals surface area contributed by atoms with Gasteiger partial charge in [-0.25, -0.2) is 5.01 Å². The quantitative estimate of drug-likeness (QED) is 0.155. The van der Waals surface area contributed by atoms with Gasteiger partial charge in [-0.05, 0) is 35.2 Å². The number of benzene rings is 3. The highest BCUT2D eigenvalue weighted by atomic mass is 32.2. The molecule has 1 aliphatic heterocycles. The fourth-order valence-corrected chi connectivity index (χ4v) is 7.04. The number of hydrogen-bond donors (Lipinski definition) is 1. The third-order valence-electron chi connectivity index (χ3n) is 7.82. The van der Waals surface area contributed by atoms with Crippen LogP contribution in [-0.4, -0.2) is 64.4 Å². The Balaban J connectivity index is 1.24. The molecular formula is C35H34N6O5S2. The molecule has 13 heteroatoms. The van der Waals surface area contributed by atoms with E-state index in [1.807, 2.05) is 76.7 Å². The normalized spacial score (nSPS) is 14.0. The fourth-order valence-electron chi connectivity index (χ4n) is 5.51. The van der Waals surface area contributed by atoms with Crippen molar-refractivity contribution in [1.82, 2.24) is 25.1 Å². The second-order valence-corrected chi connectivity index (χ2v) is 12.6. The summed E-state index contributed by atoms with van der Waals surface area (Å²) in [4.78, 5) is 28.0. The van der Waals surface area contributed by atoms with E-state index in [1.165, 1.54) is 18.9 Å². The minimum atomic E-state index is -0.386. The second-order valence-electron chi connectivity index (χ2n) is 10.7. The summed E-state index contributed by atoms with van der Waals surface area (Å²) in [6.07, 6.45) is 0.528. The zero-order chi connectivity index (χ0) is 33.5. The Kier molecular flexibility index (Phi) is 10.4. The maximum absolute atomic E-state index is 14.0. The average molecular weight is 683 g/mol. The lowest BCUT2D eigenvalue weighted by Crippen LogP contribution is -2.29. The van der Waals surface area contributed by atoms with E-state index in [4.69, 9.17) is 19.3 Å². The van der Waals surface area contributed by atoms with Gasteiger partial charge >= 0.3 is 0 Å². The van der Waals surface area contributed by atoms with Crippen molar-refractivity contribution in [2.75, 3.05) is 27.1 Å². The van der Waals surface area contributed by atoms with E-state index in [9.17, 15) is 9.59 Å². The van der Waals surface area contributed by atoms with Crippen molar-refractivity contribution in [2.24, 2.45) is 5.10 Å². The van der Waals surface area contributed by atoms with Crippen LogP contribution < -0.4 is 19.5 Å². The van der Waals surface area contributed by atoms with Crippen molar-refractivity contribution in [3.8, 4) is 17.2 Å². The summed E-state index contributed by atoms with van der Waals surface area (Å²) in [5.74, 6) is 1.76. The number of thioether (sulfide) groups is 1. The molecule has 0 aliphatic carbocycles. The van der Waals surface area contributed by atoms with Gasteiger partial charge in [0, 0.05) is 12.0 Å². The van der Waals surface area contributed by atoms with Gasteiger partial charge in [-0.1, -0.05) is 72.4 Å². The summed E-state index contributed by atoms with van der Waals surface area (Å²) in [6.45, 7) is 0.585. The molecule has 6 rings (SSSR count). The summed E-state index contributed by atoms with van der Waals surface area (Å²) in [5, 5.41) is 20.7. The second kappa shape index (κ2) is 15.2. The third-order valence-corrected chi connectivity index (χ3v) is 9.69. The number of rotatable bonds is 13. The van der Waals surface area contributed by atoms with Gasteiger partial charge in [0.1, 0.15) is 5.75 Å². The number of nitrogens with one attached hydrogen (secondary N) is 1. The first-order valence-corrected chi connectivity index (χ1v) is 17.0. The van der Waals surface area contributed by atoms with Gasteiger partial charge in [-0.15, -0.1) is 21.5 Å². The molecule has 1 N–H and O–H groups in total. The number of hydrazone groups is 1. The van der Waals surface area contributed by atoms with Gasteiger partial charge in [-0.2, -0.15) is 5.10 Å². The van der Waals surface area contributed by atoms with Gasteiger partial charge in [0.05, 0.1) is 62.4 Å². The first-order chi connectivity index (χ1) is 23.5. The Morgan fingerprint density at radius 2 is 1.67 bits per heavy atom. The minimum Gasteiger partial charge on any atom is -0.496 e. The molecule has 1 atom stereocenters. The molecule has 0 fully saturated rings. The molecule has 5 aromatic rings. The van der Waals surface area contributed by atoms with Crippen LogP contribution in [0.1, 0.15) is 44.6 Å². The number of amides is 2. The Morgan fingerprint density at radius 1 is 0.896 bits per heavy atom. The lowest BCUT2D eigenvalue weighted by atomic mass is 9.99. The fraction of sp³-hybridized carbons (Fsp3) is 0.229. The monoisotopic (exact) mass is 682 g/mol. The Bertz CT molecular complexity index is 1910. The maximum Gasteiger partial charge on any atom is 0.255 e. The molecule has 3 heterocycles. The van der Waals surface area contributed by atoms with E-state index in [2.05, 4.69) is 15.5 Å². The number of hydrogen-bond acceptors (Lipinski definition) is 10. The molecule has 2 aromatic heterocycles. The number of para-hydroxylation sites is 2. The Morgan fingerprint density at radius 3 is 2.42 bits per heavy atom. The molecule has 0 radical (unpaired) electrons. The standard InChI is InChI=1S/C35H34N6O5S2/c1-44-28-15-8-7-13-25(28)34(43)36-20-31-37-38-35(40(31)21-23-11-5-4-6-12-23)48-22-32(42)41-27(19-26(39-41)30-17-10-18-47-30)24-14-9-16-29(45-2)33(24)46-3/h4-18,27H,19-22H2,1-3H3,(H,36,43)/t27-/m0/s1. The summed E-state index contributed by atoms with van der Waals surface area (Å²) in [5.41, 5.74) is 3.09. The lowest BCUT2D eigenvalue weighted by molar-refractivity contribution is -0.130. The largest absolute Gasteiger partial charge is 0.496 e. The molecule has 0 saturated carbocycles. The topological polar surface area (TPSA) is 120 Å². The Hall–Kier alpha value is -5.14. The molecule has 11 nitrogen and oxygen atoms in total. The van der Waals surface area contributed by atoms with Gasteiger partial charge in [0.2, 0.25) is 0 Å². The summed E-state index contributed by atoms with van der Waals surface area (Å²) < 4.78 is 18.6. The first kappa shape index (κ1) is 32.8. The predicted octanol–water partition coefficient (Wildman–Crippen LogP) is 5.81. The van der Waals surface area contributed by atoms with E-state index in [1.54, 1.807) is 48.8 Å². The van der Waals surface area contributed by atoms with Crippen LogP contribution in [0.4, 0.5) is 0 Å². The third kappa shape index (κ3) is 7.06. The summed E-state index contributed by atoms with van der Waals surface area (Å²) in [6, 6.07) is 26.2. The number of nitrogens with zero attached hydrogens (tertiary/aromatic N) is 5. The number of thiophene rings is 1. The Labute approximate surface area is 286 Å². The zero-order valence-electron chi connectivity index (χ0n) is 26.7. The van der Waals surface area contributed by atoms with E-state index in [0.717, 1.165) is 21.7 Å². The molecule has 3 aromatic carbocycles. The summed E-state index contributed by atoms with van der Waals surface area (Å²) >= 11 is 2.86. The van der Waals surface area contributed by atoms with Crippen LogP contribution in [0.2, 0.25) is 0 Å². The number of ether oxygens (including phenoxy) is 3. The molecule has 1 aliphatic rings. The lowest BCUT2D eigenvalue weighted by Gasteiger charge is -2.24. The maximum atomic E-state index is 14.0. The summed E-state index contributed by atoms with van der Waals surface area (Å²) in [7, 11) is 4.71. The van der Waals surface area contributed by atoms with Crippen LogP contribution in [0, 0.1) is 0 Å². The molecule has 0 unspecified atom stereocenters. The SMILES string of the molecule is COc1ccccc1C(=O)NCc1nnc(SCC(=O)N2N=C(c3cccs3)C[C@H]2c2cccc(OC)c2OC)n1Cc1ccccc1. The van der Waals surface area contributed by atoms with Crippen molar-refractivity contribution in [1.29, 1.82) is 0 Å². The van der Waals surface area contributed by atoms with E-state index >= 15 is 0 Å². The van der Waals surface area contributed by atoms with Crippen LogP contribution in [0.3, 0.4) is 0 Å². The highest BCUT2D eigenvalue weighted by Crippen LogP contribution is 2.42. The van der Waals surface area contributed by atoms with E-state index in [0.29, 0.717) is 46.8 Å². The number of carbonyl (C=O) groups excluding carboxylic acids is 2. The van der Waals surface area contributed by atoms with Crippen molar-refractivity contribution in [2.45, 2.75) is 30.7 Å². The van der Waals surface area contributed by atoms with Crippen LogP contribution in [0.25, 0.3) is 0 Å².